The summed E-state index contributed by atoms with van der Waals surface area (Å²) in [6.45, 7) is 9.83. The summed E-state index contributed by atoms with van der Waals surface area (Å²) >= 11 is 0. The molecule has 0 bridgehead atoms. The third kappa shape index (κ3) is 3.13. The Morgan fingerprint density at radius 1 is 0.968 bits per heavy atom. The minimum absolute atomic E-state index is 0.397. The summed E-state index contributed by atoms with van der Waals surface area (Å²) in [5, 5.41) is 0.405. The molecule has 1 aromatic heterocycles. The maximum Gasteiger partial charge on any atom is 0.495 e. The van der Waals surface area contributed by atoms with E-state index in [-0.39, 0.29) is 0 Å². The molecule has 1 fully saturated rings. The predicted octanol–water partition coefficient (Wildman–Crippen LogP) is 2.31. The van der Waals surface area contributed by atoms with Crippen molar-refractivity contribution in [2.45, 2.75) is 45.8 Å². The SMILES string of the molecule is COc1cccc2c(=O)n(-c3cccc(B4OC(C)(C)C(C)(C)O4)c3C)c(=O)n(C)c12. The molecule has 3 aromatic rings. The van der Waals surface area contributed by atoms with Crippen molar-refractivity contribution in [3.05, 3.63) is 62.8 Å². The van der Waals surface area contributed by atoms with Crippen LogP contribution in [0.1, 0.15) is 33.3 Å². The highest BCUT2D eigenvalue weighted by atomic mass is 16.7. The Hall–Kier alpha value is -2.84. The molecule has 162 valence electrons. The van der Waals surface area contributed by atoms with Gasteiger partial charge in [0.2, 0.25) is 0 Å². The topological polar surface area (TPSA) is 71.7 Å². The molecule has 2 heterocycles. The lowest BCUT2D eigenvalue weighted by atomic mass is 9.76. The van der Waals surface area contributed by atoms with Gasteiger partial charge in [-0.1, -0.05) is 18.2 Å². The molecule has 0 aliphatic carbocycles. The van der Waals surface area contributed by atoms with Crippen LogP contribution >= 0.6 is 0 Å². The molecule has 0 radical (unpaired) electrons. The van der Waals surface area contributed by atoms with Crippen molar-refractivity contribution in [2.24, 2.45) is 7.05 Å². The van der Waals surface area contributed by atoms with Gasteiger partial charge in [-0.25, -0.2) is 9.36 Å². The number of benzene rings is 2. The van der Waals surface area contributed by atoms with Crippen LogP contribution in [0, 0.1) is 6.92 Å². The first-order valence-electron chi connectivity index (χ1n) is 10.2. The number of rotatable bonds is 3. The van der Waals surface area contributed by atoms with Crippen molar-refractivity contribution >= 4 is 23.5 Å². The lowest BCUT2D eigenvalue weighted by Crippen LogP contribution is -2.41. The number of hydrogen-bond acceptors (Lipinski definition) is 5. The van der Waals surface area contributed by atoms with E-state index >= 15 is 0 Å². The monoisotopic (exact) mass is 422 g/mol. The number of para-hydroxylation sites is 1. The van der Waals surface area contributed by atoms with E-state index in [2.05, 4.69) is 0 Å². The summed E-state index contributed by atoms with van der Waals surface area (Å²) in [5.41, 5.74) is 0.679. The third-order valence-corrected chi connectivity index (χ3v) is 6.56. The standard InChI is InChI=1S/C23H27BN2O5/c1-14-16(24-30-22(2,3)23(4,5)31-24)11-9-12-17(14)26-20(27)15-10-8-13-18(29-7)19(15)25(6)21(26)28/h8-13H,1-7H3. The number of fused-ring (bicyclic) bond motifs is 1. The lowest BCUT2D eigenvalue weighted by Gasteiger charge is -2.32. The van der Waals surface area contributed by atoms with Crippen LogP contribution in [0.4, 0.5) is 0 Å². The van der Waals surface area contributed by atoms with E-state index in [9.17, 15) is 9.59 Å². The highest BCUT2D eigenvalue weighted by Gasteiger charge is 2.52. The molecular formula is C23H27BN2O5. The number of nitrogens with zero attached hydrogens (tertiary/aromatic N) is 2. The van der Waals surface area contributed by atoms with Gasteiger partial charge in [0.25, 0.3) is 5.56 Å². The third-order valence-electron chi connectivity index (χ3n) is 6.56. The van der Waals surface area contributed by atoms with Gasteiger partial charge in [-0.15, -0.1) is 0 Å². The average Bonchev–Trinajstić information content (AvgIpc) is 2.93. The van der Waals surface area contributed by atoms with Gasteiger partial charge in [-0.05, 0) is 63.8 Å². The van der Waals surface area contributed by atoms with E-state index in [0.29, 0.717) is 22.3 Å². The van der Waals surface area contributed by atoms with Gasteiger partial charge >= 0.3 is 12.8 Å². The molecule has 0 atom stereocenters. The Morgan fingerprint density at radius 2 is 1.58 bits per heavy atom. The summed E-state index contributed by atoms with van der Waals surface area (Å²) in [5.74, 6) is 0.476. The number of hydrogen-bond donors (Lipinski definition) is 0. The molecule has 4 rings (SSSR count). The van der Waals surface area contributed by atoms with Crippen LogP contribution in [0.15, 0.2) is 46.0 Å². The van der Waals surface area contributed by atoms with Crippen LogP contribution in [-0.2, 0) is 16.4 Å². The van der Waals surface area contributed by atoms with Crippen LogP contribution < -0.4 is 21.4 Å². The van der Waals surface area contributed by atoms with Crippen molar-refractivity contribution in [1.82, 2.24) is 9.13 Å². The molecule has 31 heavy (non-hydrogen) atoms. The van der Waals surface area contributed by atoms with Crippen LogP contribution in [0.2, 0.25) is 0 Å². The Kier molecular flexibility index (Phi) is 4.90. The number of methoxy groups -OCH3 is 1. The Bertz CT molecular complexity index is 1290. The van der Waals surface area contributed by atoms with Crippen molar-refractivity contribution in [3.8, 4) is 11.4 Å². The molecule has 0 N–H and O–H groups in total. The Morgan fingerprint density at radius 3 is 2.19 bits per heavy atom. The second-order valence-electron chi connectivity index (χ2n) is 8.92. The maximum absolute atomic E-state index is 13.4. The van der Waals surface area contributed by atoms with Crippen LogP contribution in [-0.4, -0.2) is 34.6 Å². The van der Waals surface area contributed by atoms with Crippen LogP contribution in [0.3, 0.4) is 0 Å². The molecule has 1 saturated heterocycles. The zero-order valence-corrected chi connectivity index (χ0v) is 19.0. The van der Waals surface area contributed by atoms with Crippen molar-refractivity contribution in [2.75, 3.05) is 7.11 Å². The molecule has 8 heteroatoms. The summed E-state index contributed by atoms with van der Waals surface area (Å²) < 4.78 is 20.4. The van der Waals surface area contributed by atoms with Gasteiger partial charge in [-0.3, -0.25) is 9.36 Å². The van der Waals surface area contributed by atoms with Crippen molar-refractivity contribution in [1.29, 1.82) is 0 Å². The van der Waals surface area contributed by atoms with E-state index in [4.69, 9.17) is 14.0 Å². The minimum atomic E-state index is -0.593. The quantitative estimate of drug-likeness (QED) is 0.606. The first kappa shape index (κ1) is 21.4. The first-order valence-corrected chi connectivity index (χ1v) is 10.2. The molecule has 0 unspecified atom stereocenters. The Labute approximate surface area is 181 Å². The van der Waals surface area contributed by atoms with Gasteiger partial charge in [0, 0.05) is 7.05 Å². The van der Waals surface area contributed by atoms with E-state index < -0.39 is 29.6 Å². The smallest absolute Gasteiger partial charge is 0.495 e. The van der Waals surface area contributed by atoms with Gasteiger partial charge in [0.1, 0.15) is 11.3 Å². The van der Waals surface area contributed by atoms with E-state index in [0.717, 1.165) is 11.0 Å². The summed E-state index contributed by atoms with van der Waals surface area (Å²) in [6.07, 6.45) is 0. The second kappa shape index (κ2) is 7.10. The number of ether oxygens (including phenoxy) is 1. The number of aryl methyl sites for hydroxylation is 1. The molecular weight excluding hydrogens is 395 g/mol. The predicted molar refractivity (Wildman–Crippen MR) is 122 cm³/mol. The first-order chi connectivity index (χ1) is 14.5. The molecule has 0 spiro atoms. The van der Waals surface area contributed by atoms with E-state index in [1.54, 1.807) is 31.3 Å². The molecule has 0 saturated carbocycles. The highest BCUT2D eigenvalue weighted by molar-refractivity contribution is 6.62. The second-order valence-corrected chi connectivity index (χ2v) is 8.92. The van der Waals surface area contributed by atoms with Crippen molar-refractivity contribution < 1.29 is 14.0 Å². The normalized spacial score (nSPS) is 17.3. The van der Waals surface area contributed by atoms with Crippen molar-refractivity contribution in [3.63, 3.8) is 0 Å². The number of aromatic nitrogens is 2. The van der Waals surface area contributed by atoms with Crippen LogP contribution in [0.25, 0.3) is 16.6 Å². The fourth-order valence-corrected chi connectivity index (χ4v) is 3.98. The van der Waals surface area contributed by atoms with Gasteiger partial charge in [0.05, 0.1) is 29.4 Å². The van der Waals surface area contributed by atoms with Gasteiger partial charge in [-0.2, -0.15) is 0 Å². The zero-order chi connectivity index (χ0) is 22.7. The fraction of sp³-hybridized carbons (Fsp3) is 0.391. The molecule has 1 aliphatic heterocycles. The average molecular weight is 422 g/mol. The summed E-state index contributed by atoms with van der Waals surface area (Å²) in [7, 11) is 2.56. The van der Waals surface area contributed by atoms with Gasteiger partial charge < -0.3 is 14.0 Å². The molecule has 7 nitrogen and oxygen atoms in total. The highest BCUT2D eigenvalue weighted by Crippen LogP contribution is 2.36. The zero-order valence-electron chi connectivity index (χ0n) is 19.0. The minimum Gasteiger partial charge on any atom is -0.495 e. The summed E-state index contributed by atoms with van der Waals surface area (Å²) in [4.78, 5) is 26.7. The largest absolute Gasteiger partial charge is 0.495 e. The fourth-order valence-electron chi connectivity index (χ4n) is 3.98. The molecule has 1 aliphatic rings. The van der Waals surface area contributed by atoms with E-state index in [1.165, 1.54) is 16.2 Å². The van der Waals surface area contributed by atoms with E-state index in [1.807, 2.05) is 46.8 Å². The lowest BCUT2D eigenvalue weighted by molar-refractivity contribution is 0.00578. The maximum atomic E-state index is 13.4. The van der Waals surface area contributed by atoms with Gasteiger partial charge in [0.15, 0.2) is 0 Å². The van der Waals surface area contributed by atoms with Crippen LogP contribution in [0.5, 0.6) is 5.75 Å². The molecule has 2 aromatic carbocycles. The summed E-state index contributed by atoms with van der Waals surface area (Å²) in [6, 6.07) is 10.6. The Balaban J connectivity index is 1.94. The molecule has 0 amide bonds.